The van der Waals surface area contributed by atoms with Gasteiger partial charge in [-0.15, -0.1) is 0 Å². The number of halogens is 3. The summed E-state index contributed by atoms with van der Waals surface area (Å²) in [6, 6.07) is 4.34. The standard InChI is InChI=1S/C11H9F3O2/c1-7(10(15)16)6-8-2-4-9(5-3-8)11(12,13)14/h2-5H,1,6H2,(H,15,16). The minimum Gasteiger partial charge on any atom is -0.478 e. The van der Waals surface area contributed by atoms with Crippen molar-refractivity contribution in [2.75, 3.05) is 0 Å². The van der Waals surface area contributed by atoms with Gasteiger partial charge < -0.3 is 5.11 Å². The van der Waals surface area contributed by atoms with Crippen LogP contribution in [-0.4, -0.2) is 11.1 Å². The van der Waals surface area contributed by atoms with E-state index in [0.29, 0.717) is 5.56 Å². The van der Waals surface area contributed by atoms with Crippen molar-refractivity contribution < 1.29 is 23.1 Å². The lowest BCUT2D eigenvalue weighted by molar-refractivity contribution is -0.137. The smallest absolute Gasteiger partial charge is 0.416 e. The van der Waals surface area contributed by atoms with E-state index in [9.17, 15) is 18.0 Å². The first-order valence-corrected chi connectivity index (χ1v) is 4.38. The number of carboxylic acid groups (broad SMARTS) is 1. The normalized spacial score (nSPS) is 11.2. The second-order valence-corrected chi connectivity index (χ2v) is 3.28. The first-order chi connectivity index (χ1) is 7.30. The van der Waals surface area contributed by atoms with Gasteiger partial charge in [0.05, 0.1) is 5.56 Å². The molecule has 0 aliphatic rings. The Morgan fingerprint density at radius 3 is 2.12 bits per heavy atom. The lowest BCUT2D eigenvalue weighted by atomic mass is 10.0. The molecule has 0 atom stereocenters. The van der Waals surface area contributed by atoms with Crippen LogP contribution in [0.4, 0.5) is 13.2 Å². The highest BCUT2D eigenvalue weighted by Crippen LogP contribution is 2.29. The SMILES string of the molecule is C=C(Cc1ccc(C(F)(F)F)cc1)C(=O)O. The maximum absolute atomic E-state index is 12.2. The molecule has 0 saturated carbocycles. The van der Waals surface area contributed by atoms with Crippen LogP contribution in [0.5, 0.6) is 0 Å². The Bertz CT molecular complexity index is 404. The van der Waals surface area contributed by atoms with Crippen molar-refractivity contribution in [2.45, 2.75) is 12.6 Å². The number of aliphatic carboxylic acids is 1. The number of carboxylic acids is 1. The summed E-state index contributed by atoms with van der Waals surface area (Å²) in [5, 5.41) is 8.55. The first-order valence-electron chi connectivity index (χ1n) is 4.38. The van der Waals surface area contributed by atoms with Crippen molar-refractivity contribution in [3.05, 3.63) is 47.5 Å². The van der Waals surface area contributed by atoms with Gasteiger partial charge in [-0.3, -0.25) is 0 Å². The summed E-state index contributed by atoms with van der Waals surface area (Å²) in [6.07, 6.45) is -4.34. The zero-order chi connectivity index (χ0) is 12.3. The van der Waals surface area contributed by atoms with Crippen LogP contribution in [0.15, 0.2) is 36.4 Å². The Morgan fingerprint density at radius 1 is 1.25 bits per heavy atom. The van der Waals surface area contributed by atoms with E-state index >= 15 is 0 Å². The van der Waals surface area contributed by atoms with Crippen molar-refractivity contribution in [1.29, 1.82) is 0 Å². The fourth-order valence-electron chi connectivity index (χ4n) is 1.13. The second-order valence-electron chi connectivity index (χ2n) is 3.28. The van der Waals surface area contributed by atoms with Crippen LogP contribution in [0, 0.1) is 0 Å². The first kappa shape index (κ1) is 12.3. The van der Waals surface area contributed by atoms with E-state index in [2.05, 4.69) is 6.58 Å². The third-order valence-corrected chi connectivity index (χ3v) is 2.00. The van der Waals surface area contributed by atoms with Crippen molar-refractivity contribution in [3.8, 4) is 0 Å². The van der Waals surface area contributed by atoms with Gasteiger partial charge in [-0.2, -0.15) is 13.2 Å². The zero-order valence-electron chi connectivity index (χ0n) is 8.21. The fraction of sp³-hybridized carbons (Fsp3) is 0.182. The zero-order valence-corrected chi connectivity index (χ0v) is 8.21. The van der Waals surface area contributed by atoms with Crippen LogP contribution in [-0.2, 0) is 17.4 Å². The fourth-order valence-corrected chi connectivity index (χ4v) is 1.13. The molecule has 1 N–H and O–H groups in total. The lowest BCUT2D eigenvalue weighted by Crippen LogP contribution is -2.05. The molecule has 0 amide bonds. The number of carbonyl (C=O) groups is 1. The summed E-state index contributed by atoms with van der Waals surface area (Å²) in [5.41, 5.74) is -0.322. The van der Waals surface area contributed by atoms with Crippen LogP contribution in [0.25, 0.3) is 0 Å². The molecule has 0 heterocycles. The molecule has 0 radical (unpaired) electrons. The average Bonchev–Trinajstić information content (AvgIpc) is 2.17. The van der Waals surface area contributed by atoms with E-state index in [1.165, 1.54) is 12.1 Å². The van der Waals surface area contributed by atoms with Crippen molar-refractivity contribution in [2.24, 2.45) is 0 Å². The molecular weight excluding hydrogens is 221 g/mol. The molecule has 0 saturated heterocycles. The highest BCUT2D eigenvalue weighted by atomic mass is 19.4. The van der Waals surface area contributed by atoms with Crippen molar-refractivity contribution >= 4 is 5.97 Å². The minimum atomic E-state index is -4.37. The second kappa shape index (κ2) is 4.38. The topological polar surface area (TPSA) is 37.3 Å². The van der Waals surface area contributed by atoms with E-state index in [0.717, 1.165) is 12.1 Å². The van der Waals surface area contributed by atoms with Crippen molar-refractivity contribution in [3.63, 3.8) is 0 Å². The summed E-state index contributed by atoms with van der Waals surface area (Å²) in [7, 11) is 0. The van der Waals surface area contributed by atoms with Gasteiger partial charge in [-0.05, 0) is 17.7 Å². The molecule has 0 aliphatic carbocycles. The summed E-state index contributed by atoms with van der Waals surface area (Å²) in [5.74, 6) is -1.15. The van der Waals surface area contributed by atoms with Crippen LogP contribution >= 0.6 is 0 Å². The molecule has 0 fully saturated rings. The molecule has 1 aromatic carbocycles. The van der Waals surface area contributed by atoms with Gasteiger partial charge in [0.25, 0.3) is 0 Å². The molecule has 1 rings (SSSR count). The number of benzene rings is 1. The number of alkyl halides is 3. The Hall–Kier alpha value is -1.78. The van der Waals surface area contributed by atoms with Crippen LogP contribution in [0.1, 0.15) is 11.1 Å². The molecular formula is C11H9F3O2. The Labute approximate surface area is 90.0 Å². The summed E-state index contributed by atoms with van der Waals surface area (Å²) >= 11 is 0. The van der Waals surface area contributed by atoms with E-state index in [4.69, 9.17) is 5.11 Å². The van der Waals surface area contributed by atoms with E-state index < -0.39 is 17.7 Å². The summed E-state index contributed by atoms with van der Waals surface area (Å²) in [6.45, 7) is 3.30. The molecule has 0 unspecified atom stereocenters. The predicted octanol–water partition coefficient (Wildman–Crippen LogP) is 2.89. The highest BCUT2D eigenvalue weighted by Gasteiger charge is 2.29. The Balaban J connectivity index is 2.80. The third kappa shape index (κ3) is 3.12. The summed E-state index contributed by atoms with van der Waals surface area (Å²) < 4.78 is 36.6. The van der Waals surface area contributed by atoms with Gasteiger partial charge in [0.15, 0.2) is 0 Å². The van der Waals surface area contributed by atoms with Gasteiger partial charge in [-0.1, -0.05) is 18.7 Å². The Morgan fingerprint density at radius 2 is 1.75 bits per heavy atom. The number of hydrogen-bond acceptors (Lipinski definition) is 1. The molecule has 2 nitrogen and oxygen atoms in total. The van der Waals surface area contributed by atoms with E-state index in [-0.39, 0.29) is 12.0 Å². The maximum atomic E-state index is 12.2. The minimum absolute atomic E-state index is 0.0352. The molecule has 0 aromatic heterocycles. The number of hydrogen-bond donors (Lipinski definition) is 1. The van der Waals surface area contributed by atoms with Gasteiger partial charge >= 0.3 is 12.1 Å². The molecule has 5 heteroatoms. The number of rotatable bonds is 3. The quantitative estimate of drug-likeness (QED) is 0.810. The largest absolute Gasteiger partial charge is 0.478 e. The third-order valence-electron chi connectivity index (χ3n) is 2.00. The summed E-state index contributed by atoms with van der Waals surface area (Å²) in [4.78, 5) is 10.5. The van der Waals surface area contributed by atoms with Gasteiger partial charge in [-0.25, -0.2) is 4.79 Å². The van der Waals surface area contributed by atoms with Gasteiger partial charge in [0.1, 0.15) is 0 Å². The average molecular weight is 230 g/mol. The molecule has 86 valence electrons. The molecule has 0 spiro atoms. The van der Waals surface area contributed by atoms with E-state index in [1.54, 1.807) is 0 Å². The van der Waals surface area contributed by atoms with Crippen LogP contribution < -0.4 is 0 Å². The predicted molar refractivity (Wildman–Crippen MR) is 51.9 cm³/mol. The molecule has 1 aromatic rings. The van der Waals surface area contributed by atoms with Crippen LogP contribution in [0.3, 0.4) is 0 Å². The Kier molecular flexibility index (Phi) is 3.37. The maximum Gasteiger partial charge on any atom is 0.416 e. The molecule has 0 aliphatic heterocycles. The molecule has 16 heavy (non-hydrogen) atoms. The molecule has 0 bridgehead atoms. The van der Waals surface area contributed by atoms with Crippen LogP contribution in [0.2, 0.25) is 0 Å². The van der Waals surface area contributed by atoms with Gasteiger partial charge in [0.2, 0.25) is 0 Å². The highest BCUT2D eigenvalue weighted by molar-refractivity contribution is 5.86. The van der Waals surface area contributed by atoms with E-state index in [1.807, 2.05) is 0 Å². The monoisotopic (exact) mass is 230 g/mol. The lowest BCUT2D eigenvalue weighted by Gasteiger charge is -2.07. The van der Waals surface area contributed by atoms with Gasteiger partial charge in [0, 0.05) is 12.0 Å². The van der Waals surface area contributed by atoms with Crippen molar-refractivity contribution in [1.82, 2.24) is 0 Å².